The molecular weight excluding hydrogens is 364 g/mol. The number of hydrogen-bond acceptors (Lipinski definition) is 4. The molecule has 0 aromatic heterocycles. The fourth-order valence-electron chi connectivity index (χ4n) is 3.12. The van der Waals surface area contributed by atoms with E-state index >= 15 is 0 Å². The second-order valence-electron chi connectivity index (χ2n) is 6.41. The van der Waals surface area contributed by atoms with E-state index < -0.39 is 10.0 Å². The Labute approximate surface area is 160 Å². The number of carbonyl (C=O) groups excluding carboxylic acids is 1. The van der Waals surface area contributed by atoms with Crippen LogP contribution in [0.5, 0.6) is 5.75 Å². The van der Waals surface area contributed by atoms with Crippen LogP contribution in [-0.4, -0.2) is 45.0 Å². The molecule has 1 unspecified atom stereocenters. The van der Waals surface area contributed by atoms with Gasteiger partial charge in [-0.05, 0) is 49.7 Å². The number of rotatable bonds is 7. The molecule has 1 amide bonds. The largest absolute Gasteiger partial charge is 0.488 e. The molecule has 0 spiro atoms. The first kappa shape index (κ1) is 19.4. The van der Waals surface area contributed by atoms with Crippen LogP contribution < -0.4 is 9.46 Å². The summed E-state index contributed by atoms with van der Waals surface area (Å²) in [5, 5.41) is 0. The lowest BCUT2D eigenvalue weighted by molar-refractivity contribution is 0.0773. The van der Waals surface area contributed by atoms with Gasteiger partial charge >= 0.3 is 0 Å². The van der Waals surface area contributed by atoms with Crippen molar-refractivity contribution < 1.29 is 17.9 Å². The molecule has 1 aliphatic rings. The van der Waals surface area contributed by atoms with Gasteiger partial charge in [0.2, 0.25) is 10.0 Å². The molecule has 1 aliphatic heterocycles. The monoisotopic (exact) mass is 388 g/mol. The van der Waals surface area contributed by atoms with Crippen LogP contribution in [0.4, 0.5) is 0 Å². The van der Waals surface area contributed by atoms with Crippen molar-refractivity contribution in [1.29, 1.82) is 0 Å². The van der Waals surface area contributed by atoms with E-state index in [2.05, 4.69) is 4.72 Å². The molecule has 2 aromatic rings. The number of para-hydroxylation sites is 1. The topological polar surface area (TPSA) is 75.7 Å². The molecule has 27 heavy (non-hydrogen) atoms. The zero-order valence-corrected chi connectivity index (χ0v) is 16.3. The van der Waals surface area contributed by atoms with Crippen molar-refractivity contribution >= 4 is 15.9 Å². The number of ether oxygens (including phenoxy) is 1. The van der Waals surface area contributed by atoms with E-state index in [0.29, 0.717) is 25.1 Å². The Bertz CT molecular complexity index is 881. The second-order valence-corrected chi connectivity index (χ2v) is 8.17. The summed E-state index contributed by atoms with van der Waals surface area (Å²) in [4.78, 5) is 14.1. The molecule has 3 rings (SSSR count). The van der Waals surface area contributed by atoms with Crippen molar-refractivity contribution in [2.75, 3.05) is 19.6 Å². The zero-order valence-electron chi connectivity index (χ0n) is 15.5. The van der Waals surface area contributed by atoms with Crippen molar-refractivity contribution in [3.63, 3.8) is 0 Å². The van der Waals surface area contributed by atoms with E-state index in [0.717, 1.165) is 11.3 Å². The van der Waals surface area contributed by atoms with Crippen LogP contribution in [0.2, 0.25) is 0 Å². The summed E-state index contributed by atoms with van der Waals surface area (Å²) < 4.78 is 33.4. The van der Waals surface area contributed by atoms with Crippen molar-refractivity contribution in [1.82, 2.24) is 9.62 Å². The highest BCUT2D eigenvalue weighted by Crippen LogP contribution is 2.28. The SMILES string of the molecule is CCN(CC)C(=O)c1ccc(S(=O)(=O)NCC2Cc3ccccc3O2)cc1. The molecule has 6 nitrogen and oxygen atoms in total. The van der Waals surface area contributed by atoms with Gasteiger partial charge in [0.15, 0.2) is 0 Å². The molecule has 1 N–H and O–H groups in total. The summed E-state index contributed by atoms with van der Waals surface area (Å²) in [5.74, 6) is 0.704. The Kier molecular flexibility index (Phi) is 5.82. The number of benzene rings is 2. The molecule has 0 aliphatic carbocycles. The minimum atomic E-state index is -3.66. The van der Waals surface area contributed by atoms with Gasteiger partial charge in [-0.1, -0.05) is 18.2 Å². The van der Waals surface area contributed by atoms with E-state index in [4.69, 9.17) is 4.74 Å². The zero-order chi connectivity index (χ0) is 19.4. The quantitative estimate of drug-likeness (QED) is 0.791. The number of fused-ring (bicyclic) bond motifs is 1. The third-order valence-corrected chi connectivity index (χ3v) is 6.12. The first-order valence-electron chi connectivity index (χ1n) is 9.08. The van der Waals surface area contributed by atoms with Crippen LogP contribution >= 0.6 is 0 Å². The van der Waals surface area contributed by atoms with Gasteiger partial charge in [0, 0.05) is 31.6 Å². The predicted molar refractivity (Wildman–Crippen MR) is 103 cm³/mol. The highest BCUT2D eigenvalue weighted by molar-refractivity contribution is 7.89. The first-order chi connectivity index (χ1) is 12.9. The van der Waals surface area contributed by atoms with E-state index in [9.17, 15) is 13.2 Å². The number of nitrogens with zero attached hydrogens (tertiary/aromatic N) is 1. The van der Waals surface area contributed by atoms with Gasteiger partial charge in [0.25, 0.3) is 5.91 Å². The molecule has 144 valence electrons. The lowest BCUT2D eigenvalue weighted by Crippen LogP contribution is -2.34. The third kappa shape index (κ3) is 4.31. The lowest BCUT2D eigenvalue weighted by Gasteiger charge is -2.18. The van der Waals surface area contributed by atoms with Crippen molar-refractivity contribution in [2.45, 2.75) is 31.3 Å². The van der Waals surface area contributed by atoms with Crippen LogP contribution in [0.15, 0.2) is 53.4 Å². The van der Waals surface area contributed by atoms with Crippen LogP contribution in [0.25, 0.3) is 0 Å². The van der Waals surface area contributed by atoms with Crippen molar-refractivity contribution in [3.05, 3.63) is 59.7 Å². The third-order valence-electron chi connectivity index (χ3n) is 4.68. The summed E-state index contributed by atoms with van der Waals surface area (Å²) in [6.45, 7) is 5.24. The predicted octanol–water partition coefficient (Wildman–Crippen LogP) is 2.45. The molecule has 0 saturated heterocycles. The van der Waals surface area contributed by atoms with E-state index in [1.807, 2.05) is 38.1 Å². The molecule has 0 fully saturated rings. The number of sulfonamides is 1. The second kappa shape index (κ2) is 8.10. The van der Waals surface area contributed by atoms with E-state index in [-0.39, 0.29) is 23.5 Å². The molecule has 2 aromatic carbocycles. The molecule has 1 atom stereocenters. The number of nitrogens with one attached hydrogen (secondary N) is 1. The van der Waals surface area contributed by atoms with Crippen LogP contribution in [0.3, 0.4) is 0 Å². The van der Waals surface area contributed by atoms with Crippen molar-refractivity contribution in [3.8, 4) is 5.75 Å². The Morgan fingerprint density at radius 3 is 2.41 bits per heavy atom. The summed E-state index contributed by atoms with van der Waals surface area (Å²) in [5.41, 5.74) is 1.56. The molecule has 0 radical (unpaired) electrons. The fourth-order valence-corrected chi connectivity index (χ4v) is 4.19. The average Bonchev–Trinajstić information content (AvgIpc) is 3.10. The van der Waals surface area contributed by atoms with Crippen LogP contribution in [0, 0.1) is 0 Å². The molecular formula is C20H24N2O4S. The minimum Gasteiger partial charge on any atom is -0.488 e. The lowest BCUT2D eigenvalue weighted by atomic mass is 10.1. The number of amides is 1. The fraction of sp³-hybridized carbons (Fsp3) is 0.350. The highest BCUT2D eigenvalue weighted by Gasteiger charge is 2.25. The van der Waals surface area contributed by atoms with Crippen LogP contribution in [-0.2, 0) is 16.4 Å². The van der Waals surface area contributed by atoms with Gasteiger partial charge < -0.3 is 9.64 Å². The normalized spacial score (nSPS) is 15.9. The Morgan fingerprint density at radius 2 is 1.78 bits per heavy atom. The van der Waals surface area contributed by atoms with Crippen molar-refractivity contribution in [2.24, 2.45) is 0 Å². The molecule has 0 bridgehead atoms. The summed E-state index contributed by atoms with van der Waals surface area (Å²) in [6, 6.07) is 13.7. The maximum atomic E-state index is 12.5. The summed E-state index contributed by atoms with van der Waals surface area (Å²) in [6.07, 6.45) is 0.455. The minimum absolute atomic E-state index is 0.103. The van der Waals surface area contributed by atoms with Gasteiger partial charge in [-0.2, -0.15) is 0 Å². The average molecular weight is 388 g/mol. The first-order valence-corrected chi connectivity index (χ1v) is 10.6. The smallest absolute Gasteiger partial charge is 0.253 e. The molecule has 0 saturated carbocycles. The Morgan fingerprint density at radius 1 is 1.11 bits per heavy atom. The number of carbonyl (C=O) groups is 1. The standard InChI is InChI=1S/C20H24N2O4S/c1-3-22(4-2)20(23)15-9-11-18(12-10-15)27(24,25)21-14-17-13-16-7-5-6-8-19(16)26-17/h5-12,17,21H,3-4,13-14H2,1-2H3. The molecule has 1 heterocycles. The van der Waals surface area contributed by atoms with E-state index in [1.54, 1.807) is 17.0 Å². The number of hydrogen-bond donors (Lipinski definition) is 1. The maximum Gasteiger partial charge on any atom is 0.253 e. The van der Waals surface area contributed by atoms with Crippen LogP contribution in [0.1, 0.15) is 29.8 Å². The molecule has 7 heteroatoms. The highest BCUT2D eigenvalue weighted by atomic mass is 32.2. The Hall–Kier alpha value is -2.38. The van der Waals surface area contributed by atoms with Gasteiger partial charge in [-0.3, -0.25) is 4.79 Å². The summed E-state index contributed by atoms with van der Waals surface area (Å²) in [7, 11) is -3.66. The van der Waals surface area contributed by atoms with Gasteiger partial charge in [0.05, 0.1) is 4.90 Å². The van der Waals surface area contributed by atoms with Gasteiger partial charge in [-0.25, -0.2) is 13.1 Å². The van der Waals surface area contributed by atoms with E-state index in [1.165, 1.54) is 12.1 Å². The maximum absolute atomic E-state index is 12.5. The summed E-state index contributed by atoms with van der Waals surface area (Å²) >= 11 is 0. The van der Waals surface area contributed by atoms with Gasteiger partial charge in [-0.15, -0.1) is 0 Å². The Balaban J connectivity index is 1.63. The van der Waals surface area contributed by atoms with Gasteiger partial charge in [0.1, 0.15) is 11.9 Å².